The second kappa shape index (κ2) is 13.7. The number of carbonyl (C=O) groups excluding carboxylic acids is 4. The first-order valence-corrected chi connectivity index (χ1v) is 14.2. The summed E-state index contributed by atoms with van der Waals surface area (Å²) in [7, 11) is 1.55. The second-order valence-electron chi connectivity index (χ2n) is 10.9. The van der Waals surface area contributed by atoms with Crippen molar-refractivity contribution in [1.82, 2.24) is 29.9 Å². The van der Waals surface area contributed by atoms with Crippen LogP contribution < -0.4 is 15.8 Å². The first kappa shape index (κ1) is 32.1. The average molecular weight is 612 g/mol. The Labute approximate surface area is 253 Å². The van der Waals surface area contributed by atoms with Crippen LogP contribution in [0.2, 0.25) is 0 Å². The number of imidazole rings is 1. The fourth-order valence-corrected chi connectivity index (χ4v) is 4.72. The Balaban J connectivity index is 1.34. The Kier molecular flexibility index (Phi) is 9.98. The van der Waals surface area contributed by atoms with E-state index in [1.807, 2.05) is 24.3 Å². The Bertz CT molecular complexity index is 1520. The van der Waals surface area contributed by atoms with E-state index in [1.54, 1.807) is 27.9 Å². The minimum Gasteiger partial charge on any atom is -0.480 e. The number of methoxy groups -OCH3 is 1. The van der Waals surface area contributed by atoms with E-state index in [-0.39, 0.29) is 68.2 Å². The molecule has 15 nitrogen and oxygen atoms in total. The summed E-state index contributed by atoms with van der Waals surface area (Å²) in [6, 6.07) is 7.15. The molecular weight excluding hydrogens is 574 g/mol. The highest BCUT2D eigenvalue weighted by Gasteiger charge is 2.41. The molecule has 3 aromatic rings. The quantitative estimate of drug-likeness (QED) is 0.177. The molecule has 1 fully saturated rings. The standard InChI is InChI=1S/C29H37N7O8/c1-5-29(3,26(40)44-36-20(37)10-11-21(36)38)14-17(2)25(39)31-15-18-6-8-19(9-7-18)16-35-24-22(32-28(35)41)23(30)33-27(34-24)43-13-12-42-4/h6-9,17H,5,10-16H2,1-4H3,(H,31,39)(H,32,41)(H2,30,33,34). The molecule has 2 aromatic heterocycles. The SMILES string of the molecule is CCC(C)(CC(C)C(=O)NCc1ccc(Cn2c(O)nc3c(N)nc(OCCOC)nc32)cc1)C(=O)ON1C(=O)CCC1=O. The minimum absolute atomic E-state index is 0.00763. The molecule has 0 aliphatic carbocycles. The summed E-state index contributed by atoms with van der Waals surface area (Å²) in [5.74, 6) is -2.56. The Morgan fingerprint density at radius 2 is 1.75 bits per heavy atom. The van der Waals surface area contributed by atoms with Crippen LogP contribution in [0, 0.1) is 11.3 Å². The van der Waals surface area contributed by atoms with E-state index in [0.29, 0.717) is 23.7 Å². The normalized spacial score (nSPS) is 15.3. The molecule has 1 aliphatic heterocycles. The van der Waals surface area contributed by atoms with E-state index < -0.39 is 29.1 Å². The van der Waals surface area contributed by atoms with Gasteiger partial charge in [0.2, 0.25) is 5.91 Å². The monoisotopic (exact) mass is 611 g/mol. The van der Waals surface area contributed by atoms with Gasteiger partial charge < -0.3 is 30.5 Å². The third kappa shape index (κ3) is 7.22. The number of aromatic nitrogens is 4. The molecule has 4 N–H and O–H groups in total. The number of aromatic hydroxyl groups is 1. The van der Waals surface area contributed by atoms with Gasteiger partial charge in [-0.2, -0.15) is 15.0 Å². The van der Waals surface area contributed by atoms with Crippen LogP contribution in [0.1, 0.15) is 57.6 Å². The number of rotatable bonds is 14. The Morgan fingerprint density at radius 3 is 2.39 bits per heavy atom. The number of fused-ring (bicyclic) bond motifs is 1. The lowest BCUT2D eigenvalue weighted by Crippen LogP contribution is -2.41. The fraction of sp³-hybridized carbons (Fsp3) is 0.483. The number of amides is 3. The van der Waals surface area contributed by atoms with Gasteiger partial charge in [0, 0.05) is 32.4 Å². The van der Waals surface area contributed by atoms with Crippen molar-refractivity contribution in [2.24, 2.45) is 11.3 Å². The number of carbonyl (C=O) groups is 4. The van der Waals surface area contributed by atoms with E-state index >= 15 is 0 Å². The summed E-state index contributed by atoms with van der Waals surface area (Å²) in [6.45, 7) is 6.20. The predicted molar refractivity (Wildman–Crippen MR) is 156 cm³/mol. The lowest BCUT2D eigenvalue weighted by Gasteiger charge is -2.29. The van der Waals surface area contributed by atoms with Gasteiger partial charge in [0.1, 0.15) is 6.61 Å². The van der Waals surface area contributed by atoms with E-state index in [0.717, 1.165) is 11.1 Å². The Hall–Kier alpha value is -4.79. The highest BCUT2D eigenvalue weighted by atomic mass is 16.7. The number of nitrogens with zero attached hydrogens (tertiary/aromatic N) is 5. The molecule has 1 saturated heterocycles. The maximum atomic E-state index is 12.9. The van der Waals surface area contributed by atoms with Crippen LogP contribution in [0.4, 0.5) is 5.82 Å². The summed E-state index contributed by atoms with van der Waals surface area (Å²) in [5.41, 5.74) is 7.15. The number of anilines is 1. The van der Waals surface area contributed by atoms with Crippen LogP contribution >= 0.6 is 0 Å². The number of nitrogen functional groups attached to an aromatic ring is 1. The summed E-state index contributed by atoms with van der Waals surface area (Å²) < 4.78 is 11.9. The van der Waals surface area contributed by atoms with E-state index in [2.05, 4.69) is 20.3 Å². The Morgan fingerprint density at radius 1 is 1.09 bits per heavy atom. The molecule has 1 aromatic carbocycles. The van der Waals surface area contributed by atoms with Gasteiger partial charge in [0.15, 0.2) is 17.0 Å². The van der Waals surface area contributed by atoms with Gasteiger partial charge in [-0.3, -0.25) is 19.0 Å². The molecule has 4 rings (SSSR count). The maximum absolute atomic E-state index is 12.9. The lowest BCUT2D eigenvalue weighted by molar-refractivity contribution is -0.205. The minimum atomic E-state index is -1.07. The molecule has 236 valence electrons. The van der Waals surface area contributed by atoms with E-state index in [4.69, 9.17) is 20.0 Å². The number of nitrogens with one attached hydrogen (secondary N) is 1. The number of imide groups is 1. The van der Waals surface area contributed by atoms with Gasteiger partial charge >= 0.3 is 12.0 Å². The van der Waals surface area contributed by atoms with Crippen LogP contribution in [-0.2, 0) is 41.8 Å². The molecule has 2 atom stereocenters. The van der Waals surface area contributed by atoms with E-state index in [9.17, 15) is 24.3 Å². The highest BCUT2D eigenvalue weighted by Crippen LogP contribution is 2.33. The number of hydroxylamine groups is 2. The second-order valence-corrected chi connectivity index (χ2v) is 10.9. The van der Waals surface area contributed by atoms with Gasteiger partial charge in [-0.05, 0) is 30.9 Å². The van der Waals surface area contributed by atoms with Crippen molar-refractivity contribution in [2.45, 2.75) is 59.5 Å². The molecule has 1 aliphatic rings. The molecule has 0 spiro atoms. The van der Waals surface area contributed by atoms with Gasteiger partial charge in [0.25, 0.3) is 17.8 Å². The molecule has 3 heterocycles. The average Bonchev–Trinajstić information content (AvgIpc) is 3.49. The van der Waals surface area contributed by atoms with Crippen LogP contribution in [0.5, 0.6) is 12.0 Å². The lowest BCUT2D eigenvalue weighted by atomic mass is 9.79. The fourth-order valence-electron chi connectivity index (χ4n) is 4.72. The van der Waals surface area contributed by atoms with E-state index in [1.165, 1.54) is 4.57 Å². The van der Waals surface area contributed by atoms with Crippen LogP contribution in [0.15, 0.2) is 24.3 Å². The number of nitrogens with two attached hydrogens (primary N) is 1. The summed E-state index contributed by atoms with van der Waals surface area (Å²) >= 11 is 0. The molecule has 0 radical (unpaired) electrons. The van der Waals surface area contributed by atoms with Crippen molar-refractivity contribution in [3.8, 4) is 12.0 Å². The van der Waals surface area contributed by atoms with Gasteiger partial charge in [-0.1, -0.05) is 38.1 Å². The van der Waals surface area contributed by atoms with Crippen LogP contribution in [0.25, 0.3) is 11.2 Å². The van der Waals surface area contributed by atoms with Crippen LogP contribution in [0.3, 0.4) is 0 Å². The largest absolute Gasteiger partial charge is 0.480 e. The molecule has 44 heavy (non-hydrogen) atoms. The topological polar surface area (TPSA) is 201 Å². The van der Waals surface area contributed by atoms with Crippen molar-refractivity contribution in [2.75, 3.05) is 26.1 Å². The number of ether oxygens (including phenoxy) is 2. The summed E-state index contributed by atoms with van der Waals surface area (Å²) in [5, 5.41) is 13.9. The van der Waals surface area contributed by atoms with Crippen molar-refractivity contribution in [3.63, 3.8) is 0 Å². The third-order valence-corrected chi connectivity index (χ3v) is 7.59. The van der Waals surface area contributed by atoms with Crippen molar-refractivity contribution >= 4 is 40.7 Å². The first-order valence-electron chi connectivity index (χ1n) is 14.2. The number of hydrogen-bond acceptors (Lipinski definition) is 12. The van der Waals surface area contributed by atoms with Crippen molar-refractivity contribution in [3.05, 3.63) is 35.4 Å². The zero-order chi connectivity index (χ0) is 32.0. The highest BCUT2D eigenvalue weighted by molar-refractivity contribution is 6.01. The molecule has 15 heteroatoms. The van der Waals surface area contributed by atoms with Crippen molar-refractivity contribution < 1.29 is 38.6 Å². The van der Waals surface area contributed by atoms with Crippen LogP contribution in [-0.4, -0.2) is 73.7 Å². The molecule has 3 amide bonds. The van der Waals surface area contributed by atoms with Gasteiger partial charge in [-0.15, -0.1) is 5.06 Å². The summed E-state index contributed by atoms with van der Waals surface area (Å²) in [6.07, 6.45) is 0.532. The number of hydrogen-bond donors (Lipinski definition) is 3. The third-order valence-electron chi connectivity index (χ3n) is 7.59. The van der Waals surface area contributed by atoms with Crippen molar-refractivity contribution in [1.29, 1.82) is 0 Å². The summed E-state index contributed by atoms with van der Waals surface area (Å²) in [4.78, 5) is 67.1. The predicted octanol–water partition coefficient (Wildman–Crippen LogP) is 1.85. The molecule has 0 bridgehead atoms. The maximum Gasteiger partial charge on any atom is 0.339 e. The molecular formula is C29H37N7O8. The molecule has 2 unspecified atom stereocenters. The zero-order valence-corrected chi connectivity index (χ0v) is 25.2. The molecule has 0 saturated carbocycles. The van der Waals surface area contributed by atoms with Gasteiger partial charge in [0.05, 0.1) is 18.6 Å². The zero-order valence-electron chi connectivity index (χ0n) is 25.2. The smallest absolute Gasteiger partial charge is 0.339 e. The number of benzene rings is 1. The van der Waals surface area contributed by atoms with Gasteiger partial charge in [-0.25, -0.2) is 4.79 Å². The first-order chi connectivity index (χ1) is 20.9.